The first-order chi connectivity index (χ1) is 14.5. The monoisotopic (exact) mass is 456 g/mol. The fourth-order valence-corrected chi connectivity index (χ4v) is 4.79. The van der Waals surface area contributed by atoms with Gasteiger partial charge in [0.1, 0.15) is 5.00 Å². The predicted molar refractivity (Wildman–Crippen MR) is 122 cm³/mol. The third kappa shape index (κ3) is 4.51. The van der Waals surface area contributed by atoms with E-state index in [2.05, 4.69) is 14.9 Å². The van der Waals surface area contributed by atoms with Gasteiger partial charge in [0.2, 0.25) is 5.91 Å². The smallest absolute Gasteiger partial charge is 0.251 e. The summed E-state index contributed by atoms with van der Waals surface area (Å²) in [6.45, 7) is 0.625. The van der Waals surface area contributed by atoms with Crippen molar-refractivity contribution in [2.75, 3.05) is 11.1 Å². The molecule has 9 heteroatoms. The first-order valence-corrected chi connectivity index (χ1v) is 11.3. The number of rotatable bonds is 7. The maximum atomic E-state index is 12.5. The molecular weight excluding hydrogens is 440 g/mol. The first-order valence-electron chi connectivity index (χ1n) is 9.01. The molecule has 0 atom stereocenters. The number of hydrogen-bond acceptors (Lipinski definition) is 5. The fourth-order valence-electron chi connectivity index (χ4n) is 3.00. The van der Waals surface area contributed by atoms with E-state index >= 15 is 0 Å². The number of nitrogens with one attached hydrogen (secondary N) is 1. The summed E-state index contributed by atoms with van der Waals surface area (Å²) in [7, 11) is 0. The summed E-state index contributed by atoms with van der Waals surface area (Å²) in [4.78, 5) is 28.6. The summed E-state index contributed by atoms with van der Waals surface area (Å²) in [6.07, 6.45) is 0. The van der Waals surface area contributed by atoms with Crippen LogP contribution in [-0.4, -0.2) is 27.1 Å². The maximum Gasteiger partial charge on any atom is 0.251 e. The second-order valence-corrected chi connectivity index (χ2v) is 8.76. The molecule has 0 spiro atoms. The van der Waals surface area contributed by atoms with Crippen molar-refractivity contribution >= 4 is 62.5 Å². The molecule has 0 saturated heterocycles. The second kappa shape index (κ2) is 8.91. The van der Waals surface area contributed by atoms with Crippen LogP contribution in [0.5, 0.6) is 0 Å². The molecule has 0 aliphatic rings. The highest BCUT2D eigenvalue weighted by Gasteiger charge is 2.16. The summed E-state index contributed by atoms with van der Waals surface area (Å²) >= 11 is 8.72. The van der Waals surface area contributed by atoms with Crippen molar-refractivity contribution in [3.63, 3.8) is 0 Å². The van der Waals surface area contributed by atoms with Crippen molar-refractivity contribution in [1.29, 1.82) is 0 Å². The lowest BCUT2D eigenvalue weighted by Crippen LogP contribution is -2.18. The molecule has 4 rings (SSSR count). The third-order valence-corrected chi connectivity index (χ3v) is 6.42. The normalized spacial score (nSPS) is 11.0. The number of halogens is 1. The van der Waals surface area contributed by atoms with Gasteiger partial charge in [0.25, 0.3) is 5.91 Å². The number of carbonyl (C=O) groups excluding carboxylic acids is 2. The Kier molecular flexibility index (Phi) is 6.08. The van der Waals surface area contributed by atoms with Gasteiger partial charge >= 0.3 is 0 Å². The number of thiophene rings is 1. The van der Waals surface area contributed by atoms with Crippen LogP contribution >= 0.6 is 34.7 Å². The van der Waals surface area contributed by atoms with Crippen LogP contribution in [-0.2, 0) is 11.3 Å². The largest absolute Gasteiger partial charge is 0.366 e. The van der Waals surface area contributed by atoms with Crippen LogP contribution in [0.15, 0.2) is 65.1 Å². The molecule has 0 bridgehead atoms. The number of benzene rings is 2. The van der Waals surface area contributed by atoms with Crippen LogP contribution in [0.4, 0.5) is 5.00 Å². The number of carbonyl (C=O) groups is 2. The summed E-state index contributed by atoms with van der Waals surface area (Å²) in [5.74, 6) is -0.663. The topological polar surface area (TPSA) is 90.0 Å². The Balaban J connectivity index is 1.55. The number of anilines is 1. The van der Waals surface area contributed by atoms with Crippen LogP contribution in [0.25, 0.3) is 11.0 Å². The lowest BCUT2D eigenvalue weighted by molar-refractivity contribution is -0.113. The van der Waals surface area contributed by atoms with Crippen molar-refractivity contribution in [3.05, 3.63) is 76.1 Å². The minimum Gasteiger partial charge on any atom is -0.366 e. The van der Waals surface area contributed by atoms with Gasteiger partial charge < -0.3 is 15.6 Å². The van der Waals surface area contributed by atoms with Crippen LogP contribution < -0.4 is 11.1 Å². The van der Waals surface area contributed by atoms with Gasteiger partial charge in [0, 0.05) is 5.02 Å². The van der Waals surface area contributed by atoms with Crippen molar-refractivity contribution in [1.82, 2.24) is 9.55 Å². The van der Waals surface area contributed by atoms with Crippen molar-refractivity contribution in [3.8, 4) is 0 Å². The molecule has 2 amide bonds. The van der Waals surface area contributed by atoms with Crippen LogP contribution in [0.1, 0.15) is 15.9 Å². The van der Waals surface area contributed by atoms with Gasteiger partial charge in [-0.3, -0.25) is 9.59 Å². The SMILES string of the molecule is NC(=O)c1ccsc1NC(=O)CSc1nc2cc(Cl)ccc2n1Cc1ccccc1. The molecule has 2 aromatic carbocycles. The van der Waals surface area contributed by atoms with E-state index < -0.39 is 5.91 Å². The Morgan fingerprint density at radius 3 is 2.73 bits per heavy atom. The summed E-state index contributed by atoms with van der Waals surface area (Å²) in [6, 6.07) is 17.2. The Morgan fingerprint density at radius 1 is 1.17 bits per heavy atom. The Morgan fingerprint density at radius 2 is 1.97 bits per heavy atom. The molecule has 4 aromatic rings. The number of fused-ring (bicyclic) bond motifs is 1. The van der Waals surface area contributed by atoms with Crippen LogP contribution in [0.3, 0.4) is 0 Å². The van der Waals surface area contributed by atoms with E-state index in [-0.39, 0.29) is 11.7 Å². The van der Waals surface area contributed by atoms with E-state index in [0.29, 0.717) is 27.3 Å². The number of nitrogens with two attached hydrogens (primary N) is 1. The van der Waals surface area contributed by atoms with Gasteiger partial charge in [-0.05, 0) is 35.2 Å². The van der Waals surface area contributed by atoms with Gasteiger partial charge in [-0.25, -0.2) is 4.98 Å². The van der Waals surface area contributed by atoms with Gasteiger partial charge in [0.05, 0.1) is 28.9 Å². The molecule has 0 aliphatic heterocycles. The molecular formula is C21H17ClN4O2S2. The molecule has 2 heterocycles. The Bertz CT molecular complexity index is 1220. The van der Waals surface area contributed by atoms with E-state index in [4.69, 9.17) is 17.3 Å². The van der Waals surface area contributed by atoms with Gasteiger partial charge in [-0.2, -0.15) is 0 Å². The Labute approximate surface area is 186 Å². The highest BCUT2D eigenvalue weighted by atomic mass is 35.5. The van der Waals surface area contributed by atoms with Crippen LogP contribution in [0, 0.1) is 0 Å². The minimum absolute atomic E-state index is 0.141. The number of amides is 2. The highest BCUT2D eigenvalue weighted by Crippen LogP contribution is 2.28. The van der Waals surface area contributed by atoms with Crippen molar-refractivity contribution < 1.29 is 9.59 Å². The molecule has 0 aliphatic carbocycles. The average Bonchev–Trinajstić information content (AvgIpc) is 3.31. The zero-order chi connectivity index (χ0) is 21.1. The highest BCUT2D eigenvalue weighted by molar-refractivity contribution is 7.99. The van der Waals surface area contributed by atoms with Gasteiger partial charge in [-0.1, -0.05) is 53.7 Å². The Hall–Kier alpha value is -2.81. The number of aromatic nitrogens is 2. The summed E-state index contributed by atoms with van der Waals surface area (Å²) < 4.78 is 2.07. The molecule has 2 aromatic heterocycles. The van der Waals surface area contributed by atoms with Crippen molar-refractivity contribution in [2.45, 2.75) is 11.7 Å². The number of thioether (sulfide) groups is 1. The number of primary amides is 1. The summed E-state index contributed by atoms with van der Waals surface area (Å²) in [5.41, 5.74) is 8.49. The number of nitrogens with zero attached hydrogens (tertiary/aromatic N) is 2. The average molecular weight is 457 g/mol. The molecule has 0 fully saturated rings. The standard InChI is InChI=1S/C21H17ClN4O2S2/c22-14-6-7-17-16(10-14)24-21(26(17)11-13-4-2-1-3-5-13)30-12-18(27)25-20-15(19(23)28)8-9-29-20/h1-10H,11-12H2,(H2,23,28)(H,25,27). The number of imidazole rings is 1. The zero-order valence-corrected chi connectivity index (χ0v) is 18.1. The zero-order valence-electron chi connectivity index (χ0n) is 15.7. The molecule has 0 unspecified atom stereocenters. The predicted octanol–water partition coefficient (Wildman–Crippen LogP) is 4.63. The second-order valence-electron chi connectivity index (χ2n) is 6.46. The first kappa shape index (κ1) is 20.5. The van der Waals surface area contributed by atoms with E-state index in [1.165, 1.54) is 23.1 Å². The fraction of sp³-hybridized carbons (Fsp3) is 0.0952. The third-order valence-electron chi connectivity index (χ3n) is 4.37. The molecule has 0 radical (unpaired) electrons. The maximum absolute atomic E-state index is 12.5. The minimum atomic E-state index is -0.569. The van der Waals surface area contributed by atoms with E-state index in [1.54, 1.807) is 11.4 Å². The molecule has 6 nitrogen and oxygen atoms in total. The molecule has 0 saturated carbocycles. The lowest BCUT2D eigenvalue weighted by Gasteiger charge is -2.09. The lowest BCUT2D eigenvalue weighted by atomic mass is 10.2. The number of hydrogen-bond donors (Lipinski definition) is 2. The molecule has 30 heavy (non-hydrogen) atoms. The molecule has 3 N–H and O–H groups in total. The quantitative estimate of drug-likeness (QED) is 0.397. The van der Waals surface area contributed by atoms with E-state index in [0.717, 1.165) is 16.6 Å². The van der Waals surface area contributed by atoms with E-state index in [1.807, 2.05) is 48.5 Å². The summed E-state index contributed by atoms with van der Waals surface area (Å²) in [5, 5.41) is 6.25. The molecule has 152 valence electrons. The van der Waals surface area contributed by atoms with Crippen LogP contribution in [0.2, 0.25) is 5.02 Å². The van der Waals surface area contributed by atoms with Gasteiger partial charge in [0.15, 0.2) is 5.16 Å². The van der Waals surface area contributed by atoms with Gasteiger partial charge in [-0.15, -0.1) is 11.3 Å². The van der Waals surface area contributed by atoms with Crippen molar-refractivity contribution in [2.24, 2.45) is 5.73 Å². The van der Waals surface area contributed by atoms with E-state index in [9.17, 15) is 9.59 Å².